The van der Waals surface area contributed by atoms with Crippen LogP contribution in [0.1, 0.15) is 10.4 Å². The van der Waals surface area contributed by atoms with Crippen LogP contribution in [0.5, 0.6) is 0 Å². The van der Waals surface area contributed by atoms with Crippen molar-refractivity contribution in [1.82, 2.24) is 4.98 Å². The molecule has 0 fully saturated rings. The van der Waals surface area contributed by atoms with E-state index in [2.05, 4.69) is 9.98 Å². The minimum atomic E-state index is -1.26. The Kier molecular flexibility index (Phi) is 1.96. The van der Waals surface area contributed by atoms with Crippen LogP contribution >= 0.6 is 0 Å². The Hall–Kier alpha value is -2.24. The summed E-state index contributed by atoms with van der Waals surface area (Å²) in [4.78, 5) is 39.2. The molecule has 0 bridgehead atoms. The highest BCUT2D eigenvalue weighted by atomic mass is 16.4. The second-order valence-electron chi connectivity index (χ2n) is 3.04. The minimum absolute atomic E-state index is 0.116. The normalized spacial score (nSPS) is 18.7. The summed E-state index contributed by atoms with van der Waals surface area (Å²) in [5.74, 6) is -2.96. The Balaban J connectivity index is 2.56. The Labute approximate surface area is 83.3 Å². The summed E-state index contributed by atoms with van der Waals surface area (Å²) in [7, 11) is 0. The number of nitrogens with zero attached hydrogens (tertiary/aromatic N) is 1. The van der Waals surface area contributed by atoms with Crippen molar-refractivity contribution in [1.29, 1.82) is 0 Å². The van der Waals surface area contributed by atoms with Crippen molar-refractivity contribution in [3.05, 3.63) is 28.0 Å². The molecule has 0 saturated carbocycles. The number of rotatable bonds is 1. The maximum atomic E-state index is 11.6. The van der Waals surface area contributed by atoms with E-state index >= 15 is 0 Å². The molecule has 0 saturated heterocycles. The summed E-state index contributed by atoms with van der Waals surface area (Å²) < 4.78 is 0. The van der Waals surface area contributed by atoms with Gasteiger partial charge in [-0.3, -0.25) is 14.4 Å². The molecule has 0 spiro atoms. The summed E-state index contributed by atoms with van der Waals surface area (Å²) in [5, 5.41) is 8.70. The molecule has 1 aliphatic heterocycles. The number of aromatic nitrogens is 1. The fourth-order valence-corrected chi connectivity index (χ4v) is 1.32. The summed E-state index contributed by atoms with van der Waals surface area (Å²) in [6, 6.07) is 2.44. The average molecular weight is 206 g/mol. The molecule has 1 aromatic rings. The van der Waals surface area contributed by atoms with E-state index in [4.69, 9.17) is 5.11 Å². The van der Waals surface area contributed by atoms with Crippen LogP contribution in [-0.4, -0.2) is 28.1 Å². The van der Waals surface area contributed by atoms with Crippen LogP contribution < -0.4 is 5.56 Å². The van der Waals surface area contributed by atoms with Crippen LogP contribution in [0.15, 0.2) is 21.9 Å². The van der Waals surface area contributed by atoms with Gasteiger partial charge in [0.1, 0.15) is 5.82 Å². The van der Waals surface area contributed by atoms with Gasteiger partial charge in [0.25, 0.3) is 0 Å². The largest absolute Gasteiger partial charge is 0.480 e. The SMILES string of the molecule is O=C(O)C1C=Nc2[nH]c(=O)ccc2C1=O. The van der Waals surface area contributed by atoms with Crippen LogP contribution in [0.4, 0.5) is 5.82 Å². The molecular weight excluding hydrogens is 200 g/mol. The van der Waals surface area contributed by atoms with Gasteiger partial charge >= 0.3 is 5.97 Å². The van der Waals surface area contributed by atoms with Gasteiger partial charge in [-0.15, -0.1) is 0 Å². The second kappa shape index (κ2) is 3.16. The number of hydrogen-bond acceptors (Lipinski definition) is 4. The van der Waals surface area contributed by atoms with Gasteiger partial charge in [0.05, 0.1) is 5.56 Å². The summed E-state index contributed by atoms with van der Waals surface area (Å²) in [6.45, 7) is 0. The first kappa shape index (κ1) is 9.32. The van der Waals surface area contributed by atoms with E-state index in [1.807, 2.05) is 0 Å². The van der Waals surface area contributed by atoms with E-state index in [-0.39, 0.29) is 16.9 Å². The maximum absolute atomic E-state index is 11.6. The maximum Gasteiger partial charge on any atom is 0.319 e. The summed E-state index contributed by atoms with van der Waals surface area (Å²) in [6.07, 6.45) is 1.02. The van der Waals surface area contributed by atoms with Gasteiger partial charge in [-0.25, -0.2) is 4.99 Å². The van der Waals surface area contributed by atoms with Gasteiger partial charge in [-0.2, -0.15) is 0 Å². The Morgan fingerprint density at radius 1 is 1.40 bits per heavy atom. The fourth-order valence-electron chi connectivity index (χ4n) is 1.32. The lowest BCUT2D eigenvalue weighted by Gasteiger charge is -2.12. The van der Waals surface area contributed by atoms with E-state index in [1.54, 1.807) is 0 Å². The topological polar surface area (TPSA) is 99.6 Å². The lowest BCUT2D eigenvalue weighted by molar-refractivity contribution is -0.137. The molecule has 0 aliphatic carbocycles. The first-order valence-corrected chi connectivity index (χ1v) is 4.14. The third-order valence-corrected chi connectivity index (χ3v) is 2.06. The third kappa shape index (κ3) is 1.45. The van der Waals surface area contributed by atoms with Gasteiger partial charge < -0.3 is 10.1 Å². The molecule has 2 N–H and O–H groups in total. The Morgan fingerprint density at radius 2 is 2.13 bits per heavy atom. The van der Waals surface area contributed by atoms with Crippen LogP contribution in [-0.2, 0) is 4.79 Å². The molecular formula is C9H6N2O4. The van der Waals surface area contributed by atoms with E-state index in [0.717, 1.165) is 12.3 Å². The predicted molar refractivity (Wildman–Crippen MR) is 50.7 cm³/mol. The molecule has 6 nitrogen and oxygen atoms in total. The van der Waals surface area contributed by atoms with Crippen LogP contribution in [0.2, 0.25) is 0 Å². The molecule has 6 heteroatoms. The molecule has 1 atom stereocenters. The molecule has 1 aromatic heterocycles. The van der Waals surface area contributed by atoms with Gasteiger partial charge in [-0.05, 0) is 6.07 Å². The number of ketones is 1. The Morgan fingerprint density at radius 3 is 2.80 bits per heavy atom. The number of nitrogens with one attached hydrogen (secondary N) is 1. The van der Waals surface area contributed by atoms with Crippen molar-refractivity contribution in [2.24, 2.45) is 10.9 Å². The second-order valence-corrected chi connectivity index (χ2v) is 3.04. The molecule has 0 amide bonds. The number of carboxylic acid groups (broad SMARTS) is 1. The number of aliphatic carboxylic acids is 1. The summed E-state index contributed by atoms with van der Waals surface area (Å²) in [5.41, 5.74) is -0.253. The molecule has 1 unspecified atom stereocenters. The van der Waals surface area contributed by atoms with Gasteiger partial charge in [0.2, 0.25) is 5.56 Å². The highest BCUT2D eigenvalue weighted by Crippen LogP contribution is 2.22. The molecule has 2 heterocycles. The predicted octanol–water partition coefficient (Wildman–Crippen LogP) is -0.0257. The number of hydrogen-bond donors (Lipinski definition) is 2. The van der Waals surface area contributed by atoms with Crippen LogP contribution in [0.25, 0.3) is 0 Å². The smallest absolute Gasteiger partial charge is 0.319 e. The molecule has 0 aromatic carbocycles. The lowest BCUT2D eigenvalue weighted by atomic mass is 9.97. The summed E-state index contributed by atoms with van der Waals surface area (Å²) >= 11 is 0. The van der Waals surface area contributed by atoms with Crippen molar-refractivity contribution < 1.29 is 14.7 Å². The molecule has 2 rings (SSSR count). The van der Waals surface area contributed by atoms with E-state index in [9.17, 15) is 14.4 Å². The number of fused-ring (bicyclic) bond motifs is 1. The van der Waals surface area contributed by atoms with Crippen LogP contribution in [0.3, 0.4) is 0 Å². The van der Waals surface area contributed by atoms with Crippen molar-refractivity contribution in [2.75, 3.05) is 0 Å². The monoisotopic (exact) mass is 206 g/mol. The van der Waals surface area contributed by atoms with Crippen molar-refractivity contribution in [3.63, 3.8) is 0 Å². The number of carboxylic acids is 1. The molecule has 1 aliphatic rings. The standard InChI is InChI=1S/C9H6N2O4/c12-6-2-1-4-7(13)5(9(14)15)3-10-8(4)11-6/h1-3,5H,(H,11,12)(H,14,15). The highest BCUT2D eigenvalue weighted by Gasteiger charge is 2.30. The fraction of sp³-hybridized carbons (Fsp3) is 0.111. The molecule has 0 radical (unpaired) electrons. The third-order valence-electron chi connectivity index (χ3n) is 2.06. The number of carbonyl (C=O) groups is 2. The minimum Gasteiger partial charge on any atom is -0.480 e. The van der Waals surface area contributed by atoms with Gasteiger partial charge in [0, 0.05) is 12.3 Å². The zero-order chi connectivity index (χ0) is 11.0. The van der Waals surface area contributed by atoms with Crippen molar-refractivity contribution in [3.8, 4) is 0 Å². The number of carbonyl (C=O) groups excluding carboxylic acids is 1. The van der Waals surface area contributed by atoms with Gasteiger partial charge in [-0.1, -0.05) is 0 Å². The quantitative estimate of drug-likeness (QED) is 0.630. The highest BCUT2D eigenvalue weighted by molar-refractivity contribution is 6.21. The Bertz CT molecular complexity index is 529. The van der Waals surface area contributed by atoms with Crippen LogP contribution in [0, 0.1) is 5.92 Å². The van der Waals surface area contributed by atoms with E-state index in [1.165, 1.54) is 6.07 Å². The number of aromatic amines is 1. The zero-order valence-electron chi connectivity index (χ0n) is 7.43. The molecule has 76 valence electrons. The van der Waals surface area contributed by atoms with Crippen molar-refractivity contribution in [2.45, 2.75) is 0 Å². The van der Waals surface area contributed by atoms with Gasteiger partial charge in [0.15, 0.2) is 11.7 Å². The zero-order valence-corrected chi connectivity index (χ0v) is 7.43. The molecule has 15 heavy (non-hydrogen) atoms. The number of H-pyrrole nitrogens is 1. The van der Waals surface area contributed by atoms with E-state index < -0.39 is 17.7 Å². The average Bonchev–Trinajstić information content (AvgIpc) is 2.17. The first-order chi connectivity index (χ1) is 7.09. The van der Waals surface area contributed by atoms with E-state index in [0.29, 0.717) is 0 Å². The lowest BCUT2D eigenvalue weighted by Crippen LogP contribution is -2.28. The first-order valence-electron chi connectivity index (χ1n) is 4.14. The number of pyridine rings is 1. The number of Topliss-reactive ketones (excluding diaryl/α,β-unsaturated/α-hetero) is 1. The number of aliphatic imine (C=N–C) groups is 1. The van der Waals surface area contributed by atoms with Crippen molar-refractivity contribution >= 4 is 23.8 Å².